The lowest BCUT2D eigenvalue weighted by Gasteiger charge is -2.42. The van der Waals surface area contributed by atoms with Gasteiger partial charge in [-0.3, -0.25) is 0 Å². The number of ether oxygens (including phenoxy) is 2. The molecule has 22 heavy (non-hydrogen) atoms. The SMILES string of the molecule is CCCC(C)COC1(CC)CCN(C(=O)OC(C)(C)C)CC1. The average molecular weight is 313 g/mol. The fourth-order valence-corrected chi connectivity index (χ4v) is 2.92. The number of carbonyl (C=O) groups is 1. The highest BCUT2D eigenvalue weighted by atomic mass is 16.6. The van der Waals surface area contributed by atoms with Crippen LogP contribution in [0.1, 0.15) is 73.6 Å². The van der Waals surface area contributed by atoms with E-state index in [9.17, 15) is 4.79 Å². The highest BCUT2D eigenvalue weighted by Gasteiger charge is 2.36. The van der Waals surface area contributed by atoms with Crippen LogP contribution in [0, 0.1) is 5.92 Å². The van der Waals surface area contributed by atoms with E-state index in [-0.39, 0.29) is 11.7 Å². The first-order valence-electron chi connectivity index (χ1n) is 8.83. The molecule has 1 saturated heterocycles. The summed E-state index contributed by atoms with van der Waals surface area (Å²) in [6.07, 6.45) is 5.04. The summed E-state index contributed by atoms with van der Waals surface area (Å²) in [7, 11) is 0. The molecule has 1 heterocycles. The van der Waals surface area contributed by atoms with Crippen LogP contribution in [0.2, 0.25) is 0 Å². The van der Waals surface area contributed by atoms with Crippen LogP contribution in [0.4, 0.5) is 4.79 Å². The lowest BCUT2D eigenvalue weighted by molar-refractivity contribution is -0.0967. The molecular formula is C18H35NO3. The molecule has 1 fully saturated rings. The van der Waals surface area contributed by atoms with E-state index in [4.69, 9.17) is 9.47 Å². The largest absolute Gasteiger partial charge is 0.444 e. The Labute approximate surface area is 136 Å². The van der Waals surface area contributed by atoms with Gasteiger partial charge in [0, 0.05) is 19.7 Å². The van der Waals surface area contributed by atoms with Crippen LogP contribution < -0.4 is 0 Å². The van der Waals surface area contributed by atoms with Crippen molar-refractivity contribution in [2.75, 3.05) is 19.7 Å². The minimum absolute atomic E-state index is 0.0550. The van der Waals surface area contributed by atoms with Crippen LogP contribution >= 0.6 is 0 Å². The van der Waals surface area contributed by atoms with Crippen LogP contribution in [0.5, 0.6) is 0 Å². The summed E-state index contributed by atoms with van der Waals surface area (Å²) >= 11 is 0. The molecular weight excluding hydrogens is 278 g/mol. The summed E-state index contributed by atoms with van der Waals surface area (Å²) in [5, 5.41) is 0. The van der Waals surface area contributed by atoms with Gasteiger partial charge in [-0.25, -0.2) is 4.79 Å². The number of likely N-dealkylation sites (tertiary alicyclic amines) is 1. The van der Waals surface area contributed by atoms with Gasteiger partial charge < -0.3 is 14.4 Å². The Hall–Kier alpha value is -0.770. The summed E-state index contributed by atoms with van der Waals surface area (Å²) < 4.78 is 11.7. The van der Waals surface area contributed by atoms with Gasteiger partial charge in [-0.2, -0.15) is 0 Å². The lowest BCUT2D eigenvalue weighted by atomic mass is 9.88. The minimum Gasteiger partial charge on any atom is -0.444 e. The van der Waals surface area contributed by atoms with Gasteiger partial charge in [-0.05, 0) is 52.4 Å². The standard InChI is InChI=1S/C18H35NO3/c1-7-9-15(3)14-21-18(8-2)10-12-19(13-11-18)16(20)22-17(4,5)6/h15H,7-14H2,1-6H3. The van der Waals surface area contributed by atoms with E-state index in [1.165, 1.54) is 12.8 Å². The number of hydrogen-bond acceptors (Lipinski definition) is 3. The maximum atomic E-state index is 12.1. The highest BCUT2D eigenvalue weighted by Crippen LogP contribution is 2.31. The number of piperidine rings is 1. The highest BCUT2D eigenvalue weighted by molar-refractivity contribution is 5.68. The van der Waals surface area contributed by atoms with E-state index in [1.54, 1.807) is 0 Å². The fraction of sp³-hybridized carbons (Fsp3) is 0.944. The van der Waals surface area contributed by atoms with E-state index >= 15 is 0 Å². The number of amides is 1. The van der Waals surface area contributed by atoms with Gasteiger partial charge in [0.05, 0.1) is 5.60 Å². The zero-order valence-electron chi connectivity index (χ0n) is 15.4. The Morgan fingerprint density at radius 2 is 1.82 bits per heavy atom. The normalized spacial score (nSPS) is 19.8. The predicted molar refractivity (Wildman–Crippen MR) is 90.1 cm³/mol. The van der Waals surface area contributed by atoms with Crippen molar-refractivity contribution in [2.24, 2.45) is 5.92 Å². The molecule has 4 nitrogen and oxygen atoms in total. The Kier molecular flexibility index (Phi) is 7.17. The summed E-state index contributed by atoms with van der Waals surface area (Å²) in [6.45, 7) is 14.7. The van der Waals surface area contributed by atoms with Crippen LogP contribution in [-0.4, -0.2) is 41.9 Å². The van der Waals surface area contributed by atoms with Crippen molar-refractivity contribution in [2.45, 2.75) is 84.8 Å². The van der Waals surface area contributed by atoms with Crippen molar-refractivity contribution in [3.05, 3.63) is 0 Å². The Balaban J connectivity index is 2.48. The van der Waals surface area contributed by atoms with Crippen molar-refractivity contribution in [3.8, 4) is 0 Å². The summed E-state index contributed by atoms with van der Waals surface area (Å²) in [5.74, 6) is 0.609. The second kappa shape index (κ2) is 8.19. The van der Waals surface area contributed by atoms with Gasteiger partial charge in [0.2, 0.25) is 0 Å². The van der Waals surface area contributed by atoms with Crippen molar-refractivity contribution in [1.29, 1.82) is 0 Å². The molecule has 4 heteroatoms. The van der Waals surface area contributed by atoms with Crippen molar-refractivity contribution >= 4 is 6.09 Å². The molecule has 1 atom stereocenters. The van der Waals surface area contributed by atoms with Crippen molar-refractivity contribution < 1.29 is 14.3 Å². The van der Waals surface area contributed by atoms with E-state index in [0.29, 0.717) is 5.92 Å². The summed E-state index contributed by atoms with van der Waals surface area (Å²) in [4.78, 5) is 13.9. The topological polar surface area (TPSA) is 38.8 Å². The first-order chi connectivity index (χ1) is 10.2. The van der Waals surface area contributed by atoms with Gasteiger partial charge in [0.15, 0.2) is 0 Å². The second-order valence-corrected chi connectivity index (χ2v) is 7.71. The molecule has 0 N–H and O–H groups in total. The van der Waals surface area contributed by atoms with E-state index in [2.05, 4.69) is 20.8 Å². The van der Waals surface area contributed by atoms with Gasteiger partial charge in [-0.1, -0.05) is 27.2 Å². The molecule has 0 aromatic heterocycles. The van der Waals surface area contributed by atoms with E-state index < -0.39 is 5.60 Å². The monoisotopic (exact) mass is 313 g/mol. The van der Waals surface area contributed by atoms with Crippen LogP contribution in [0.15, 0.2) is 0 Å². The maximum absolute atomic E-state index is 12.1. The zero-order valence-corrected chi connectivity index (χ0v) is 15.4. The first kappa shape index (κ1) is 19.3. The fourth-order valence-electron chi connectivity index (χ4n) is 2.92. The lowest BCUT2D eigenvalue weighted by Crippen LogP contribution is -2.49. The number of hydrogen-bond donors (Lipinski definition) is 0. The number of carbonyl (C=O) groups excluding carboxylic acids is 1. The van der Waals surface area contributed by atoms with Crippen molar-refractivity contribution in [3.63, 3.8) is 0 Å². The van der Waals surface area contributed by atoms with Crippen LogP contribution in [0.3, 0.4) is 0 Å². The Bertz CT molecular complexity index is 341. The number of nitrogens with zero attached hydrogens (tertiary/aromatic N) is 1. The van der Waals surface area contributed by atoms with Crippen LogP contribution in [0.25, 0.3) is 0 Å². The zero-order chi connectivity index (χ0) is 16.8. The van der Waals surface area contributed by atoms with Gasteiger partial charge in [-0.15, -0.1) is 0 Å². The number of rotatable bonds is 6. The smallest absolute Gasteiger partial charge is 0.410 e. The van der Waals surface area contributed by atoms with E-state index in [0.717, 1.165) is 39.0 Å². The maximum Gasteiger partial charge on any atom is 0.410 e. The second-order valence-electron chi connectivity index (χ2n) is 7.71. The Morgan fingerprint density at radius 1 is 1.23 bits per heavy atom. The third kappa shape index (κ3) is 6.15. The van der Waals surface area contributed by atoms with Gasteiger partial charge in [0.1, 0.15) is 5.60 Å². The third-order valence-electron chi connectivity index (χ3n) is 4.43. The molecule has 0 aromatic rings. The van der Waals surface area contributed by atoms with Crippen molar-refractivity contribution in [1.82, 2.24) is 4.90 Å². The minimum atomic E-state index is -0.428. The molecule has 1 amide bonds. The molecule has 130 valence electrons. The molecule has 0 aromatic carbocycles. The van der Waals surface area contributed by atoms with Gasteiger partial charge in [0.25, 0.3) is 0 Å². The molecule has 0 spiro atoms. The molecule has 0 saturated carbocycles. The average Bonchev–Trinajstić information content (AvgIpc) is 2.44. The molecule has 1 unspecified atom stereocenters. The quantitative estimate of drug-likeness (QED) is 0.718. The molecule has 0 radical (unpaired) electrons. The van der Waals surface area contributed by atoms with Gasteiger partial charge >= 0.3 is 6.09 Å². The Morgan fingerprint density at radius 3 is 2.27 bits per heavy atom. The molecule has 1 aliphatic rings. The first-order valence-corrected chi connectivity index (χ1v) is 8.83. The van der Waals surface area contributed by atoms with Crippen LogP contribution in [-0.2, 0) is 9.47 Å². The molecule has 1 aliphatic heterocycles. The summed E-state index contributed by atoms with van der Waals surface area (Å²) in [5.41, 5.74) is -0.483. The van der Waals surface area contributed by atoms with E-state index in [1.807, 2.05) is 25.7 Å². The molecule has 0 aliphatic carbocycles. The predicted octanol–water partition coefficient (Wildman–Crippen LogP) is 4.62. The molecule has 0 bridgehead atoms. The third-order valence-corrected chi connectivity index (χ3v) is 4.43. The summed E-state index contributed by atoms with van der Waals surface area (Å²) in [6, 6.07) is 0. The molecule has 1 rings (SSSR count).